The zero-order valence-corrected chi connectivity index (χ0v) is 11.3. The molecular formula is C14H21N3O. The Bertz CT molecular complexity index is 519. The van der Waals surface area contributed by atoms with Gasteiger partial charge in [-0.25, -0.2) is 4.98 Å². The summed E-state index contributed by atoms with van der Waals surface area (Å²) < 4.78 is 2.06. The molecule has 98 valence electrons. The average Bonchev–Trinajstić information content (AvgIpc) is 2.70. The number of aromatic nitrogens is 2. The zero-order chi connectivity index (χ0) is 13.1. The van der Waals surface area contributed by atoms with Crippen LogP contribution in [-0.2, 0) is 6.54 Å². The first kappa shape index (κ1) is 13.1. The van der Waals surface area contributed by atoms with Crippen molar-refractivity contribution in [3.05, 3.63) is 35.8 Å². The van der Waals surface area contributed by atoms with Crippen LogP contribution in [0.3, 0.4) is 0 Å². The van der Waals surface area contributed by atoms with E-state index in [-0.39, 0.29) is 6.10 Å². The molecule has 18 heavy (non-hydrogen) atoms. The Balaban J connectivity index is 2.05. The average molecular weight is 247 g/mol. The number of hydrogen-bond donors (Lipinski definition) is 1. The lowest BCUT2D eigenvalue weighted by Gasteiger charge is -2.15. The van der Waals surface area contributed by atoms with Gasteiger partial charge in [-0.2, -0.15) is 0 Å². The number of aryl methyl sites for hydroxylation is 1. The Kier molecular flexibility index (Phi) is 3.99. The maximum Gasteiger partial charge on any atom is 0.139 e. The quantitative estimate of drug-likeness (QED) is 0.876. The van der Waals surface area contributed by atoms with Crippen LogP contribution in [-0.4, -0.2) is 39.1 Å². The summed E-state index contributed by atoms with van der Waals surface area (Å²) in [6.45, 7) is 5.59. The van der Waals surface area contributed by atoms with E-state index in [1.807, 2.05) is 19.2 Å². The molecule has 0 amide bonds. The molecule has 0 aliphatic rings. The largest absolute Gasteiger partial charge is 0.393 e. The molecule has 1 atom stereocenters. The topological polar surface area (TPSA) is 40.8 Å². The molecule has 0 saturated carbocycles. The van der Waals surface area contributed by atoms with Gasteiger partial charge in [-0.1, -0.05) is 6.07 Å². The molecule has 2 heterocycles. The molecule has 0 radical (unpaired) electrons. The standard InChI is InChI=1S/C14H21N3O/c1-11-5-4-7-17-10-13(15-14(11)17)9-16(3)8-6-12(2)18/h4-5,7,10,12,18H,6,8-9H2,1-3H3. The summed E-state index contributed by atoms with van der Waals surface area (Å²) in [6.07, 6.45) is 4.65. The van der Waals surface area contributed by atoms with Gasteiger partial charge in [0.25, 0.3) is 0 Å². The van der Waals surface area contributed by atoms with Crippen molar-refractivity contribution in [1.82, 2.24) is 14.3 Å². The second-order valence-electron chi connectivity index (χ2n) is 5.03. The van der Waals surface area contributed by atoms with E-state index in [9.17, 15) is 5.11 Å². The predicted octanol–water partition coefficient (Wildman–Crippen LogP) is 1.85. The van der Waals surface area contributed by atoms with Crippen LogP contribution in [0, 0.1) is 6.92 Å². The second kappa shape index (κ2) is 5.50. The molecular weight excluding hydrogens is 226 g/mol. The maximum atomic E-state index is 9.27. The summed E-state index contributed by atoms with van der Waals surface area (Å²) in [5, 5.41) is 9.27. The molecule has 0 aliphatic carbocycles. The molecule has 1 unspecified atom stereocenters. The maximum absolute atomic E-state index is 9.27. The van der Waals surface area contributed by atoms with E-state index in [0.717, 1.165) is 30.9 Å². The van der Waals surface area contributed by atoms with Crippen molar-refractivity contribution in [3.8, 4) is 0 Å². The summed E-state index contributed by atoms with van der Waals surface area (Å²) in [4.78, 5) is 6.82. The monoisotopic (exact) mass is 247 g/mol. The van der Waals surface area contributed by atoms with Crippen LogP contribution in [0.15, 0.2) is 24.5 Å². The van der Waals surface area contributed by atoms with E-state index in [4.69, 9.17) is 0 Å². The van der Waals surface area contributed by atoms with Gasteiger partial charge in [0.1, 0.15) is 5.65 Å². The highest BCUT2D eigenvalue weighted by molar-refractivity contribution is 5.47. The summed E-state index contributed by atoms with van der Waals surface area (Å²) in [5.41, 5.74) is 3.28. The van der Waals surface area contributed by atoms with Crippen molar-refractivity contribution in [2.45, 2.75) is 32.9 Å². The van der Waals surface area contributed by atoms with Crippen molar-refractivity contribution < 1.29 is 5.11 Å². The molecule has 2 rings (SSSR count). The van der Waals surface area contributed by atoms with Crippen LogP contribution in [0.1, 0.15) is 24.6 Å². The Morgan fingerprint density at radius 3 is 2.94 bits per heavy atom. The fourth-order valence-electron chi connectivity index (χ4n) is 2.04. The van der Waals surface area contributed by atoms with Gasteiger partial charge in [0.15, 0.2) is 0 Å². The molecule has 0 bridgehead atoms. The number of hydrogen-bond acceptors (Lipinski definition) is 3. The minimum Gasteiger partial charge on any atom is -0.393 e. The van der Waals surface area contributed by atoms with Crippen LogP contribution < -0.4 is 0 Å². The molecule has 2 aromatic rings. The molecule has 0 spiro atoms. The predicted molar refractivity (Wildman–Crippen MR) is 72.6 cm³/mol. The first-order chi connectivity index (χ1) is 8.56. The minimum absolute atomic E-state index is 0.240. The smallest absolute Gasteiger partial charge is 0.139 e. The number of imidazole rings is 1. The van der Waals surface area contributed by atoms with E-state index in [0.29, 0.717) is 0 Å². The fraction of sp³-hybridized carbons (Fsp3) is 0.500. The van der Waals surface area contributed by atoms with E-state index < -0.39 is 0 Å². The minimum atomic E-state index is -0.240. The number of nitrogens with zero attached hydrogens (tertiary/aromatic N) is 3. The first-order valence-corrected chi connectivity index (χ1v) is 6.36. The third kappa shape index (κ3) is 3.09. The highest BCUT2D eigenvalue weighted by atomic mass is 16.3. The van der Waals surface area contributed by atoms with Crippen molar-refractivity contribution in [3.63, 3.8) is 0 Å². The van der Waals surface area contributed by atoms with E-state index in [1.54, 1.807) is 0 Å². The first-order valence-electron chi connectivity index (χ1n) is 6.36. The lowest BCUT2D eigenvalue weighted by Crippen LogP contribution is -2.22. The van der Waals surface area contributed by atoms with Gasteiger partial charge in [-0.15, -0.1) is 0 Å². The fourth-order valence-corrected chi connectivity index (χ4v) is 2.04. The number of rotatable bonds is 5. The van der Waals surface area contributed by atoms with Crippen molar-refractivity contribution >= 4 is 5.65 Å². The Morgan fingerprint density at radius 2 is 2.28 bits per heavy atom. The molecule has 4 heteroatoms. The van der Waals surface area contributed by atoms with Gasteiger partial charge in [-0.05, 0) is 38.9 Å². The summed E-state index contributed by atoms with van der Waals surface area (Å²) in [5.74, 6) is 0. The number of aliphatic hydroxyl groups excluding tert-OH is 1. The molecule has 0 fully saturated rings. The van der Waals surface area contributed by atoms with E-state index >= 15 is 0 Å². The van der Waals surface area contributed by atoms with Crippen molar-refractivity contribution in [2.75, 3.05) is 13.6 Å². The summed E-state index contributed by atoms with van der Waals surface area (Å²) in [6, 6.07) is 4.11. The van der Waals surface area contributed by atoms with E-state index in [2.05, 4.69) is 40.5 Å². The number of aliphatic hydroxyl groups is 1. The SMILES string of the molecule is Cc1cccn2cc(CN(C)CCC(C)O)nc12. The van der Waals surface area contributed by atoms with Crippen LogP contribution in [0.2, 0.25) is 0 Å². The van der Waals surface area contributed by atoms with Gasteiger partial charge in [0.05, 0.1) is 11.8 Å². The Labute approximate surface area is 108 Å². The molecule has 1 N–H and O–H groups in total. The third-order valence-corrected chi connectivity index (χ3v) is 3.09. The van der Waals surface area contributed by atoms with E-state index in [1.165, 1.54) is 5.56 Å². The molecule has 0 aliphatic heterocycles. The van der Waals surface area contributed by atoms with Gasteiger partial charge < -0.3 is 14.4 Å². The molecule has 0 aromatic carbocycles. The second-order valence-corrected chi connectivity index (χ2v) is 5.03. The number of fused-ring (bicyclic) bond motifs is 1. The number of pyridine rings is 1. The van der Waals surface area contributed by atoms with Crippen LogP contribution in [0.25, 0.3) is 5.65 Å². The van der Waals surface area contributed by atoms with Gasteiger partial charge in [-0.3, -0.25) is 0 Å². The van der Waals surface area contributed by atoms with Gasteiger partial charge >= 0.3 is 0 Å². The summed E-state index contributed by atoms with van der Waals surface area (Å²) in [7, 11) is 2.05. The van der Waals surface area contributed by atoms with Crippen LogP contribution in [0.5, 0.6) is 0 Å². The Hall–Kier alpha value is -1.39. The van der Waals surface area contributed by atoms with Gasteiger partial charge in [0, 0.05) is 25.5 Å². The molecule has 2 aromatic heterocycles. The normalized spacial score (nSPS) is 13.4. The highest BCUT2D eigenvalue weighted by Crippen LogP contribution is 2.11. The molecule has 4 nitrogen and oxygen atoms in total. The van der Waals surface area contributed by atoms with Gasteiger partial charge in [0.2, 0.25) is 0 Å². The highest BCUT2D eigenvalue weighted by Gasteiger charge is 2.07. The lowest BCUT2D eigenvalue weighted by atomic mass is 10.2. The van der Waals surface area contributed by atoms with Crippen molar-refractivity contribution in [2.24, 2.45) is 0 Å². The van der Waals surface area contributed by atoms with Crippen molar-refractivity contribution in [1.29, 1.82) is 0 Å². The zero-order valence-electron chi connectivity index (χ0n) is 11.3. The van der Waals surface area contributed by atoms with Crippen LogP contribution >= 0.6 is 0 Å². The van der Waals surface area contributed by atoms with Crippen LogP contribution in [0.4, 0.5) is 0 Å². The molecule has 0 saturated heterocycles. The Morgan fingerprint density at radius 1 is 1.50 bits per heavy atom. The third-order valence-electron chi connectivity index (χ3n) is 3.09. The lowest BCUT2D eigenvalue weighted by molar-refractivity contribution is 0.162. The summed E-state index contributed by atoms with van der Waals surface area (Å²) >= 11 is 0.